The molecule has 0 N–H and O–H groups in total. The number of anilines is 1. The molecule has 3 heterocycles. The fourth-order valence-electron chi connectivity index (χ4n) is 4.73. The largest absolute Gasteiger partial charge is 0.459 e. The van der Waals surface area contributed by atoms with Crippen molar-refractivity contribution in [2.45, 2.75) is 39.3 Å². The fourth-order valence-corrected chi connectivity index (χ4v) is 4.91. The van der Waals surface area contributed by atoms with Gasteiger partial charge in [-0.1, -0.05) is 17.7 Å². The van der Waals surface area contributed by atoms with Crippen molar-refractivity contribution >= 4 is 34.2 Å². The van der Waals surface area contributed by atoms with Gasteiger partial charge >= 0.3 is 5.97 Å². The van der Waals surface area contributed by atoms with Crippen LogP contribution in [0.3, 0.4) is 0 Å². The highest BCUT2D eigenvalue weighted by Gasteiger charge is 2.25. The number of rotatable bonds is 4. The molecule has 36 heavy (non-hydrogen) atoms. The molecule has 1 saturated heterocycles. The van der Waals surface area contributed by atoms with Gasteiger partial charge in [-0.3, -0.25) is 14.2 Å². The molecule has 0 aliphatic carbocycles. The van der Waals surface area contributed by atoms with Crippen LogP contribution in [0.1, 0.15) is 27.2 Å². The van der Waals surface area contributed by atoms with E-state index in [2.05, 4.69) is 15.9 Å². The summed E-state index contributed by atoms with van der Waals surface area (Å²) in [5.41, 5.74) is 2.06. The number of hydrogen-bond acceptors (Lipinski definition) is 6. The Hall–Kier alpha value is -3.39. The van der Waals surface area contributed by atoms with Gasteiger partial charge in [-0.25, -0.2) is 9.37 Å². The van der Waals surface area contributed by atoms with Gasteiger partial charge in [-0.2, -0.15) is 0 Å². The van der Waals surface area contributed by atoms with Crippen molar-refractivity contribution in [3.05, 3.63) is 69.4 Å². The van der Waals surface area contributed by atoms with Gasteiger partial charge in [-0.05, 0) is 63.6 Å². The highest BCUT2D eigenvalue weighted by molar-refractivity contribution is 6.31. The molecule has 0 atom stereocenters. The van der Waals surface area contributed by atoms with Crippen LogP contribution in [0.2, 0.25) is 5.02 Å². The Bertz CT molecular complexity index is 1440. The Morgan fingerprint density at radius 3 is 2.64 bits per heavy atom. The van der Waals surface area contributed by atoms with E-state index in [1.807, 2.05) is 18.2 Å². The van der Waals surface area contributed by atoms with Crippen LogP contribution in [0.15, 0.2) is 53.0 Å². The molecule has 7 nitrogen and oxygen atoms in total. The molecular formula is C27H28ClFN4O3. The predicted octanol–water partition coefficient (Wildman–Crippen LogP) is 4.61. The Labute approximate surface area is 213 Å². The molecule has 0 bridgehead atoms. The predicted molar refractivity (Wildman–Crippen MR) is 139 cm³/mol. The van der Waals surface area contributed by atoms with Crippen molar-refractivity contribution < 1.29 is 13.9 Å². The fraction of sp³-hybridized carbons (Fsp3) is 0.370. The van der Waals surface area contributed by atoms with Crippen LogP contribution < -0.4 is 10.5 Å². The number of carbonyl (C=O) groups excluding carboxylic acids is 1. The Morgan fingerprint density at radius 2 is 1.89 bits per heavy atom. The lowest BCUT2D eigenvalue weighted by Gasteiger charge is -2.37. The normalized spacial score (nSPS) is 15.8. The second-order valence-corrected chi connectivity index (χ2v) is 10.5. The second-order valence-electron chi connectivity index (χ2n) is 10.1. The molecule has 0 spiro atoms. The molecule has 188 valence electrons. The average Bonchev–Trinajstić information content (AvgIpc) is 3.29. The lowest BCUT2D eigenvalue weighted by atomic mass is 10.1. The Kier molecular flexibility index (Phi) is 6.24. The van der Waals surface area contributed by atoms with Crippen molar-refractivity contribution in [2.24, 2.45) is 0 Å². The third kappa shape index (κ3) is 4.82. The number of halogens is 2. The molecule has 0 radical (unpaired) electrons. The summed E-state index contributed by atoms with van der Waals surface area (Å²) in [6, 6.07) is 9.71. The third-order valence-corrected chi connectivity index (χ3v) is 6.66. The summed E-state index contributed by atoms with van der Waals surface area (Å²) >= 11 is 6.02. The number of piperazine rings is 1. The van der Waals surface area contributed by atoms with Gasteiger partial charge in [0.25, 0.3) is 5.56 Å². The molecule has 1 aromatic heterocycles. The molecule has 0 amide bonds. The minimum atomic E-state index is -0.714. The number of esters is 1. The summed E-state index contributed by atoms with van der Waals surface area (Å²) in [6.07, 6.45) is 3.33. The van der Waals surface area contributed by atoms with Gasteiger partial charge in [-0.15, -0.1) is 0 Å². The zero-order chi connectivity index (χ0) is 25.6. The van der Waals surface area contributed by atoms with E-state index in [0.717, 1.165) is 38.3 Å². The molecule has 3 aromatic rings. The van der Waals surface area contributed by atoms with Crippen molar-refractivity contribution in [3.8, 4) is 11.4 Å². The first-order valence-electron chi connectivity index (χ1n) is 12.0. The molecule has 5 rings (SSSR count). The number of carbonyl (C=O) groups is 1. The van der Waals surface area contributed by atoms with Gasteiger partial charge in [0.15, 0.2) is 0 Å². The molecule has 2 aliphatic rings. The summed E-state index contributed by atoms with van der Waals surface area (Å²) in [5, 5.41) is 0.303. The number of aromatic nitrogens is 2. The maximum absolute atomic E-state index is 13.8. The molecule has 0 saturated carbocycles. The van der Waals surface area contributed by atoms with Crippen molar-refractivity contribution in [2.75, 3.05) is 31.1 Å². The minimum Gasteiger partial charge on any atom is -0.459 e. The van der Waals surface area contributed by atoms with Crippen LogP contribution in [0.5, 0.6) is 0 Å². The Balaban J connectivity index is 1.60. The number of ether oxygens (including phenoxy) is 1. The molecule has 2 aliphatic heterocycles. The van der Waals surface area contributed by atoms with E-state index in [-0.39, 0.29) is 23.0 Å². The summed E-state index contributed by atoms with van der Waals surface area (Å²) in [5.74, 6) is -0.928. The van der Waals surface area contributed by atoms with E-state index in [9.17, 15) is 14.0 Å². The number of nitrogens with zero attached hydrogens (tertiary/aromatic N) is 4. The zero-order valence-electron chi connectivity index (χ0n) is 20.6. The van der Waals surface area contributed by atoms with E-state index in [1.165, 1.54) is 28.5 Å². The highest BCUT2D eigenvalue weighted by Crippen LogP contribution is 2.28. The van der Waals surface area contributed by atoms with E-state index in [0.29, 0.717) is 16.5 Å². The van der Waals surface area contributed by atoms with Gasteiger partial charge in [0, 0.05) is 36.6 Å². The van der Waals surface area contributed by atoms with Crippen LogP contribution in [0.25, 0.3) is 22.3 Å². The van der Waals surface area contributed by atoms with Crippen molar-refractivity contribution in [1.82, 2.24) is 14.5 Å². The van der Waals surface area contributed by atoms with Gasteiger partial charge in [0.05, 0.1) is 22.5 Å². The second kappa shape index (κ2) is 9.24. The van der Waals surface area contributed by atoms with E-state index in [1.54, 1.807) is 20.8 Å². The SMILES string of the molecule is CC(C)(C)OC(=O)Cn1c(-c2ccc(F)c(Cl)c2)nc2ccc(N3CCN4CCC=C4C3)cc2c1=O. The molecule has 9 heteroatoms. The van der Waals surface area contributed by atoms with E-state index < -0.39 is 17.4 Å². The third-order valence-electron chi connectivity index (χ3n) is 6.37. The Morgan fingerprint density at radius 1 is 1.11 bits per heavy atom. The van der Waals surface area contributed by atoms with Crippen LogP contribution in [0, 0.1) is 5.82 Å². The summed E-state index contributed by atoms with van der Waals surface area (Å²) in [7, 11) is 0. The lowest BCUT2D eigenvalue weighted by molar-refractivity contribution is -0.155. The lowest BCUT2D eigenvalue weighted by Crippen LogP contribution is -2.43. The summed E-state index contributed by atoms with van der Waals surface area (Å²) in [4.78, 5) is 35.8. The first-order chi connectivity index (χ1) is 17.1. The maximum atomic E-state index is 13.8. The van der Waals surface area contributed by atoms with E-state index in [4.69, 9.17) is 21.3 Å². The van der Waals surface area contributed by atoms with Crippen LogP contribution in [-0.2, 0) is 16.1 Å². The highest BCUT2D eigenvalue weighted by atomic mass is 35.5. The monoisotopic (exact) mass is 510 g/mol. The molecule has 2 aromatic carbocycles. The van der Waals surface area contributed by atoms with E-state index >= 15 is 0 Å². The standard InChI is InChI=1S/C27H28ClFN4O3/c1-27(2,3)36-24(34)16-33-25(17-6-8-22(29)21(28)13-17)30-23-9-7-18(14-20(23)26(33)35)32-12-11-31-10-4-5-19(31)15-32/h5-9,13-14H,4,10-12,15-16H2,1-3H3. The first-order valence-corrected chi connectivity index (χ1v) is 12.4. The quantitative estimate of drug-likeness (QED) is 0.478. The zero-order valence-corrected chi connectivity index (χ0v) is 21.3. The molecule has 1 fully saturated rings. The first kappa shape index (κ1) is 24.3. The number of hydrogen-bond donors (Lipinski definition) is 0. The minimum absolute atomic E-state index is 0.0960. The summed E-state index contributed by atoms with van der Waals surface area (Å²) < 4.78 is 20.6. The van der Waals surface area contributed by atoms with Crippen LogP contribution in [0.4, 0.5) is 10.1 Å². The van der Waals surface area contributed by atoms with Gasteiger partial charge in [0.2, 0.25) is 0 Å². The summed E-state index contributed by atoms with van der Waals surface area (Å²) in [6.45, 7) is 8.60. The topological polar surface area (TPSA) is 67.7 Å². The smallest absolute Gasteiger partial charge is 0.326 e. The number of fused-ring (bicyclic) bond motifs is 2. The van der Waals surface area contributed by atoms with Gasteiger partial charge < -0.3 is 14.5 Å². The number of benzene rings is 2. The molecule has 0 unspecified atom stereocenters. The van der Waals surface area contributed by atoms with Crippen LogP contribution in [-0.4, -0.2) is 52.2 Å². The van der Waals surface area contributed by atoms with Gasteiger partial charge in [0.1, 0.15) is 23.8 Å². The average molecular weight is 511 g/mol. The van der Waals surface area contributed by atoms with Crippen molar-refractivity contribution in [1.29, 1.82) is 0 Å². The molecular weight excluding hydrogens is 483 g/mol. The van der Waals surface area contributed by atoms with Crippen molar-refractivity contribution in [3.63, 3.8) is 0 Å². The maximum Gasteiger partial charge on any atom is 0.326 e. The van der Waals surface area contributed by atoms with Crippen LogP contribution >= 0.6 is 11.6 Å².